The van der Waals surface area contributed by atoms with Gasteiger partial charge in [-0.1, -0.05) is 0 Å². The average molecular weight is 272 g/mol. The van der Waals surface area contributed by atoms with E-state index in [0.29, 0.717) is 0 Å². The zero-order valence-electron chi connectivity index (χ0n) is 6.27. The van der Waals surface area contributed by atoms with Crippen molar-refractivity contribution >= 4 is 27.5 Å². The van der Waals surface area contributed by atoms with E-state index in [1.54, 1.807) is 0 Å². The van der Waals surface area contributed by atoms with Crippen molar-refractivity contribution in [3.05, 3.63) is 21.9 Å². The summed E-state index contributed by atoms with van der Waals surface area (Å²) >= 11 is 8.24. The molecule has 6 heteroatoms. The zero-order chi connectivity index (χ0) is 10.0. The topological polar surface area (TPSA) is 33.1 Å². The standard InChI is InChI=1S/C7H5BrClF2NO/c8-6-4(13)1-3(2-9)5(12-6)7(10)11/h1,7,13H,2H2. The van der Waals surface area contributed by atoms with Gasteiger partial charge in [-0.2, -0.15) is 0 Å². The van der Waals surface area contributed by atoms with Crippen LogP contribution < -0.4 is 0 Å². The summed E-state index contributed by atoms with van der Waals surface area (Å²) < 4.78 is 24.6. The number of nitrogens with zero attached hydrogens (tertiary/aromatic N) is 1. The summed E-state index contributed by atoms with van der Waals surface area (Å²) in [5.74, 6) is -0.298. The van der Waals surface area contributed by atoms with Crippen LogP contribution in [0, 0.1) is 0 Å². The van der Waals surface area contributed by atoms with Crippen LogP contribution in [0.15, 0.2) is 10.7 Å². The Balaban J connectivity index is 3.25. The average Bonchev–Trinajstić information content (AvgIpc) is 2.08. The van der Waals surface area contributed by atoms with Gasteiger partial charge in [-0.15, -0.1) is 11.6 Å². The van der Waals surface area contributed by atoms with Crippen molar-refractivity contribution in [3.63, 3.8) is 0 Å². The number of hydrogen-bond acceptors (Lipinski definition) is 2. The molecule has 0 aliphatic rings. The van der Waals surface area contributed by atoms with E-state index in [0.717, 1.165) is 0 Å². The number of hydrogen-bond donors (Lipinski definition) is 1. The molecule has 1 heterocycles. The van der Waals surface area contributed by atoms with E-state index in [1.807, 2.05) is 0 Å². The molecule has 0 atom stereocenters. The first-order valence-corrected chi connectivity index (χ1v) is 4.61. The lowest BCUT2D eigenvalue weighted by molar-refractivity contribution is 0.144. The van der Waals surface area contributed by atoms with Gasteiger partial charge in [-0.25, -0.2) is 13.8 Å². The smallest absolute Gasteiger partial charge is 0.280 e. The molecule has 0 aliphatic heterocycles. The molecule has 0 radical (unpaired) electrons. The third kappa shape index (κ3) is 2.28. The van der Waals surface area contributed by atoms with E-state index >= 15 is 0 Å². The summed E-state index contributed by atoms with van der Waals surface area (Å²) in [5, 5.41) is 9.12. The van der Waals surface area contributed by atoms with Gasteiger partial charge in [-0.3, -0.25) is 0 Å². The number of rotatable bonds is 2. The molecule has 1 aromatic heterocycles. The summed E-state index contributed by atoms with van der Waals surface area (Å²) in [6, 6.07) is 1.17. The fourth-order valence-corrected chi connectivity index (χ4v) is 1.35. The minimum atomic E-state index is -2.69. The molecule has 0 saturated heterocycles. The summed E-state index contributed by atoms with van der Waals surface area (Å²) in [5.41, 5.74) is -0.267. The van der Waals surface area contributed by atoms with Crippen LogP contribution in [0.25, 0.3) is 0 Å². The van der Waals surface area contributed by atoms with E-state index < -0.39 is 12.1 Å². The van der Waals surface area contributed by atoms with Crippen LogP contribution in [0.1, 0.15) is 17.7 Å². The largest absolute Gasteiger partial charge is 0.505 e. The molecule has 2 nitrogen and oxygen atoms in total. The molecular formula is C7H5BrClF2NO. The highest BCUT2D eigenvalue weighted by atomic mass is 79.9. The molecule has 0 aromatic carbocycles. The first kappa shape index (κ1) is 10.7. The van der Waals surface area contributed by atoms with E-state index in [9.17, 15) is 8.78 Å². The SMILES string of the molecule is Oc1cc(CCl)c(C(F)F)nc1Br. The molecule has 1 N–H and O–H groups in total. The molecule has 0 spiro atoms. The lowest BCUT2D eigenvalue weighted by Gasteiger charge is -2.06. The Kier molecular flexibility index (Phi) is 3.44. The van der Waals surface area contributed by atoms with Crippen LogP contribution in [0.2, 0.25) is 0 Å². The van der Waals surface area contributed by atoms with Gasteiger partial charge in [0.15, 0.2) is 0 Å². The first-order valence-electron chi connectivity index (χ1n) is 3.28. The van der Waals surface area contributed by atoms with Crippen LogP contribution in [-0.4, -0.2) is 10.1 Å². The maximum Gasteiger partial charge on any atom is 0.280 e. The van der Waals surface area contributed by atoms with E-state index in [-0.39, 0.29) is 21.8 Å². The van der Waals surface area contributed by atoms with Crippen LogP contribution in [0.3, 0.4) is 0 Å². The predicted molar refractivity (Wildman–Crippen MR) is 48.1 cm³/mol. The Hall–Kier alpha value is -0.420. The van der Waals surface area contributed by atoms with Crippen molar-refractivity contribution in [2.75, 3.05) is 0 Å². The summed E-state index contributed by atoms with van der Waals surface area (Å²) in [6.07, 6.45) is -2.69. The molecule has 1 rings (SSSR count). The van der Waals surface area contributed by atoms with Crippen molar-refractivity contribution in [1.82, 2.24) is 4.98 Å². The molecule has 0 amide bonds. The third-order valence-electron chi connectivity index (χ3n) is 1.42. The third-order valence-corrected chi connectivity index (χ3v) is 2.29. The van der Waals surface area contributed by atoms with Crippen molar-refractivity contribution < 1.29 is 13.9 Å². The Morgan fingerprint density at radius 1 is 1.62 bits per heavy atom. The summed E-state index contributed by atoms with van der Waals surface area (Å²) in [4.78, 5) is 3.48. The van der Waals surface area contributed by atoms with Crippen molar-refractivity contribution in [2.24, 2.45) is 0 Å². The molecule has 0 fully saturated rings. The Bertz CT molecular complexity index is 322. The zero-order valence-corrected chi connectivity index (χ0v) is 8.61. The summed E-state index contributed by atoms with van der Waals surface area (Å²) in [7, 11) is 0. The summed E-state index contributed by atoms with van der Waals surface area (Å²) in [6.45, 7) is 0. The molecule has 72 valence electrons. The lowest BCUT2D eigenvalue weighted by atomic mass is 10.2. The Morgan fingerprint density at radius 2 is 2.23 bits per heavy atom. The molecule has 1 aromatic rings. The number of aromatic hydroxyl groups is 1. The van der Waals surface area contributed by atoms with E-state index in [4.69, 9.17) is 16.7 Å². The number of pyridine rings is 1. The van der Waals surface area contributed by atoms with E-state index in [2.05, 4.69) is 20.9 Å². The highest BCUT2D eigenvalue weighted by molar-refractivity contribution is 9.10. The highest BCUT2D eigenvalue weighted by Gasteiger charge is 2.16. The van der Waals surface area contributed by atoms with Crippen molar-refractivity contribution in [2.45, 2.75) is 12.3 Å². The molecular weight excluding hydrogens is 267 g/mol. The van der Waals surface area contributed by atoms with Crippen LogP contribution >= 0.6 is 27.5 Å². The number of halogens is 4. The minimum absolute atomic E-state index is 0.00309. The maximum atomic E-state index is 12.3. The highest BCUT2D eigenvalue weighted by Crippen LogP contribution is 2.30. The molecule has 13 heavy (non-hydrogen) atoms. The number of aromatic nitrogens is 1. The monoisotopic (exact) mass is 271 g/mol. The van der Waals surface area contributed by atoms with Gasteiger partial charge in [0.1, 0.15) is 16.0 Å². The lowest BCUT2D eigenvalue weighted by Crippen LogP contribution is -1.97. The first-order chi connectivity index (χ1) is 6.06. The fraction of sp³-hybridized carbons (Fsp3) is 0.286. The van der Waals surface area contributed by atoms with Crippen LogP contribution in [0.5, 0.6) is 5.75 Å². The van der Waals surface area contributed by atoms with Crippen molar-refractivity contribution in [1.29, 1.82) is 0 Å². The second-order valence-corrected chi connectivity index (χ2v) is 3.30. The van der Waals surface area contributed by atoms with Gasteiger partial charge in [0.2, 0.25) is 0 Å². The minimum Gasteiger partial charge on any atom is -0.505 e. The molecule has 0 saturated carbocycles. The van der Waals surface area contributed by atoms with Crippen molar-refractivity contribution in [3.8, 4) is 5.75 Å². The van der Waals surface area contributed by atoms with Crippen LogP contribution in [-0.2, 0) is 5.88 Å². The molecule has 0 unspecified atom stereocenters. The quantitative estimate of drug-likeness (QED) is 0.662. The van der Waals surface area contributed by atoms with Gasteiger partial charge in [0, 0.05) is 5.88 Å². The van der Waals surface area contributed by atoms with Gasteiger partial charge in [0.05, 0.1) is 0 Å². The second-order valence-electron chi connectivity index (χ2n) is 2.28. The Morgan fingerprint density at radius 3 is 2.69 bits per heavy atom. The maximum absolute atomic E-state index is 12.3. The van der Waals surface area contributed by atoms with Gasteiger partial charge in [0.25, 0.3) is 6.43 Å². The van der Waals surface area contributed by atoms with Crippen LogP contribution in [0.4, 0.5) is 8.78 Å². The number of alkyl halides is 3. The second kappa shape index (κ2) is 4.19. The normalized spacial score (nSPS) is 10.8. The molecule has 0 aliphatic carbocycles. The van der Waals surface area contributed by atoms with Gasteiger partial charge < -0.3 is 5.11 Å². The van der Waals surface area contributed by atoms with Gasteiger partial charge in [-0.05, 0) is 27.6 Å². The fourth-order valence-electron chi connectivity index (χ4n) is 0.829. The van der Waals surface area contributed by atoms with E-state index in [1.165, 1.54) is 6.07 Å². The molecule has 0 bridgehead atoms. The van der Waals surface area contributed by atoms with Gasteiger partial charge >= 0.3 is 0 Å². The predicted octanol–water partition coefficient (Wildman–Crippen LogP) is 3.23. The Labute approximate surface area is 86.7 Å².